The third kappa shape index (κ3) is 1.33. The lowest BCUT2D eigenvalue weighted by molar-refractivity contribution is 0.615. The van der Waals surface area contributed by atoms with Crippen LogP contribution in [0.25, 0.3) is 0 Å². The maximum Gasteiger partial charge on any atom is 0.0206 e. The fourth-order valence-corrected chi connectivity index (χ4v) is 1.47. The normalized spacial score (nSPS) is 31.5. The minimum atomic E-state index is 0.449. The van der Waals surface area contributed by atoms with Crippen LogP contribution in [-0.2, 0) is 0 Å². The molecular weight excluding hydrogens is 122 g/mol. The highest BCUT2D eigenvalue weighted by atomic mass is 14.6. The summed E-state index contributed by atoms with van der Waals surface area (Å²) in [4.78, 5) is 0. The largest absolute Gasteiger partial charge is 0.402 e. The average Bonchev–Trinajstić information content (AvgIpc) is 2.34. The second-order valence-electron chi connectivity index (χ2n) is 2.95. The molecule has 0 aromatic heterocycles. The van der Waals surface area contributed by atoms with Crippen LogP contribution in [0.15, 0.2) is 12.3 Å². The van der Waals surface area contributed by atoms with Crippen LogP contribution >= 0.6 is 0 Å². The van der Waals surface area contributed by atoms with Crippen molar-refractivity contribution < 1.29 is 0 Å². The van der Waals surface area contributed by atoms with Gasteiger partial charge in [-0.3, -0.25) is 0 Å². The van der Waals surface area contributed by atoms with E-state index in [1.807, 2.05) is 0 Å². The fraction of sp³-hybridized carbons (Fsp3) is 0.556. The Bertz CT molecular complexity index is 176. The molecule has 0 amide bonds. The minimum absolute atomic E-state index is 0.449. The van der Waals surface area contributed by atoms with Crippen molar-refractivity contribution in [3.05, 3.63) is 12.3 Å². The molecule has 2 atom stereocenters. The zero-order valence-electron chi connectivity index (χ0n) is 6.14. The van der Waals surface area contributed by atoms with Crippen LogP contribution in [0.3, 0.4) is 0 Å². The van der Waals surface area contributed by atoms with Crippen molar-refractivity contribution >= 4 is 0 Å². The van der Waals surface area contributed by atoms with Crippen molar-refractivity contribution in [3.8, 4) is 12.3 Å². The number of nitrogens with two attached hydrogens (primary N) is 1. The van der Waals surface area contributed by atoms with Gasteiger partial charge in [0, 0.05) is 11.6 Å². The van der Waals surface area contributed by atoms with Gasteiger partial charge in [-0.2, -0.15) is 0 Å². The summed E-state index contributed by atoms with van der Waals surface area (Å²) in [5.74, 6) is 3.69. The van der Waals surface area contributed by atoms with E-state index in [4.69, 9.17) is 12.2 Å². The molecule has 2 N–H and O–H groups in total. The summed E-state index contributed by atoms with van der Waals surface area (Å²) in [6, 6.07) is 0. The van der Waals surface area contributed by atoms with Gasteiger partial charge in [-0.05, 0) is 25.2 Å². The van der Waals surface area contributed by atoms with Crippen LogP contribution in [-0.4, -0.2) is 0 Å². The Labute approximate surface area is 62.3 Å². The molecular formula is C9H13N. The summed E-state index contributed by atoms with van der Waals surface area (Å²) in [5.41, 5.74) is 6.36. The van der Waals surface area contributed by atoms with Crippen LogP contribution < -0.4 is 5.73 Å². The lowest BCUT2D eigenvalue weighted by Crippen LogP contribution is -2.06. The third-order valence-corrected chi connectivity index (χ3v) is 2.19. The summed E-state index contributed by atoms with van der Waals surface area (Å²) < 4.78 is 0. The summed E-state index contributed by atoms with van der Waals surface area (Å²) >= 11 is 0. The van der Waals surface area contributed by atoms with E-state index in [0.717, 1.165) is 25.0 Å². The predicted molar refractivity (Wildman–Crippen MR) is 43.0 cm³/mol. The van der Waals surface area contributed by atoms with Gasteiger partial charge in [0.25, 0.3) is 0 Å². The van der Waals surface area contributed by atoms with E-state index >= 15 is 0 Å². The average molecular weight is 135 g/mol. The highest BCUT2D eigenvalue weighted by Gasteiger charge is 2.23. The first-order valence-electron chi connectivity index (χ1n) is 3.64. The first-order chi connectivity index (χ1) is 4.74. The summed E-state index contributed by atoms with van der Waals surface area (Å²) in [7, 11) is 0. The fourth-order valence-electron chi connectivity index (χ4n) is 1.47. The Balaban J connectivity index is 2.45. The zero-order valence-corrected chi connectivity index (χ0v) is 6.14. The molecule has 0 aliphatic heterocycles. The SMILES string of the molecule is C#CC1CCC(C(=C)N)C1. The topological polar surface area (TPSA) is 26.0 Å². The van der Waals surface area contributed by atoms with Gasteiger partial charge in [0.1, 0.15) is 0 Å². The van der Waals surface area contributed by atoms with Gasteiger partial charge in [-0.1, -0.05) is 6.58 Å². The van der Waals surface area contributed by atoms with Crippen LogP contribution in [0.4, 0.5) is 0 Å². The molecule has 2 unspecified atom stereocenters. The number of allylic oxidation sites excluding steroid dienone is 1. The molecule has 1 aliphatic carbocycles. The predicted octanol–water partition coefficient (Wildman–Crippen LogP) is 1.51. The van der Waals surface area contributed by atoms with Crippen molar-refractivity contribution in [2.24, 2.45) is 17.6 Å². The van der Waals surface area contributed by atoms with E-state index in [0.29, 0.717) is 11.8 Å². The van der Waals surface area contributed by atoms with Crippen LogP contribution in [0, 0.1) is 24.2 Å². The number of terminal acetylenes is 1. The quantitative estimate of drug-likeness (QED) is 0.542. The Kier molecular flexibility index (Phi) is 2.01. The monoisotopic (exact) mass is 135 g/mol. The molecule has 0 spiro atoms. The molecule has 10 heavy (non-hydrogen) atoms. The summed E-state index contributed by atoms with van der Waals surface area (Å²) in [5, 5.41) is 0. The van der Waals surface area contributed by atoms with Gasteiger partial charge in [0.2, 0.25) is 0 Å². The Hall–Kier alpha value is -0.900. The second kappa shape index (κ2) is 2.79. The molecule has 1 fully saturated rings. The lowest BCUT2D eigenvalue weighted by atomic mass is 10.0. The number of hydrogen-bond acceptors (Lipinski definition) is 1. The van der Waals surface area contributed by atoms with Crippen LogP contribution in [0.5, 0.6) is 0 Å². The maximum atomic E-state index is 5.55. The van der Waals surface area contributed by atoms with Gasteiger partial charge in [0.05, 0.1) is 0 Å². The van der Waals surface area contributed by atoms with E-state index in [2.05, 4.69) is 12.5 Å². The number of rotatable bonds is 1. The molecule has 1 aliphatic rings. The summed E-state index contributed by atoms with van der Waals surface area (Å²) in [6.07, 6.45) is 8.57. The maximum absolute atomic E-state index is 5.55. The van der Waals surface area contributed by atoms with Crippen molar-refractivity contribution in [2.45, 2.75) is 19.3 Å². The van der Waals surface area contributed by atoms with Crippen molar-refractivity contribution in [1.82, 2.24) is 0 Å². The molecule has 0 aromatic rings. The molecule has 1 rings (SSSR count). The van der Waals surface area contributed by atoms with E-state index in [1.54, 1.807) is 0 Å². The smallest absolute Gasteiger partial charge is 0.0206 e. The third-order valence-electron chi connectivity index (χ3n) is 2.19. The minimum Gasteiger partial charge on any atom is -0.402 e. The Morgan fingerprint density at radius 1 is 1.60 bits per heavy atom. The van der Waals surface area contributed by atoms with E-state index in [9.17, 15) is 0 Å². The first kappa shape index (κ1) is 7.21. The molecule has 1 saturated carbocycles. The van der Waals surface area contributed by atoms with E-state index < -0.39 is 0 Å². The molecule has 0 aromatic carbocycles. The molecule has 0 bridgehead atoms. The summed E-state index contributed by atoms with van der Waals surface area (Å²) in [6.45, 7) is 3.72. The molecule has 0 heterocycles. The van der Waals surface area contributed by atoms with Gasteiger partial charge in [-0.25, -0.2) is 0 Å². The zero-order chi connectivity index (χ0) is 7.56. The van der Waals surface area contributed by atoms with E-state index in [1.165, 1.54) is 0 Å². The van der Waals surface area contributed by atoms with Crippen LogP contribution in [0.2, 0.25) is 0 Å². The standard InChI is InChI=1S/C9H13N/c1-3-8-4-5-9(6-8)7(2)10/h1,8-9H,2,4-6,10H2. The molecule has 1 heteroatoms. The highest BCUT2D eigenvalue weighted by molar-refractivity contribution is 5.05. The van der Waals surface area contributed by atoms with Gasteiger partial charge < -0.3 is 5.73 Å². The molecule has 0 radical (unpaired) electrons. The van der Waals surface area contributed by atoms with Gasteiger partial charge >= 0.3 is 0 Å². The Morgan fingerprint density at radius 3 is 2.60 bits per heavy atom. The Morgan fingerprint density at radius 2 is 2.30 bits per heavy atom. The first-order valence-corrected chi connectivity index (χ1v) is 3.64. The molecule has 54 valence electrons. The van der Waals surface area contributed by atoms with Gasteiger partial charge in [0.15, 0.2) is 0 Å². The highest BCUT2D eigenvalue weighted by Crippen LogP contribution is 2.32. The van der Waals surface area contributed by atoms with Gasteiger partial charge in [-0.15, -0.1) is 12.3 Å². The number of hydrogen-bond donors (Lipinski definition) is 1. The van der Waals surface area contributed by atoms with Crippen molar-refractivity contribution in [1.29, 1.82) is 0 Å². The molecule has 1 nitrogen and oxygen atoms in total. The van der Waals surface area contributed by atoms with E-state index in [-0.39, 0.29) is 0 Å². The van der Waals surface area contributed by atoms with Crippen molar-refractivity contribution in [2.75, 3.05) is 0 Å². The lowest BCUT2D eigenvalue weighted by Gasteiger charge is -2.06. The van der Waals surface area contributed by atoms with Crippen molar-refractivity contribution in [3.63, 3.8) is 0 Å². The molecule has 0 saturated heterocycles. The van der Waals surface area contributed by atoms with Crippen LogP contribution in [0.1, 0.15) is 19.3 Å². The second-order valence-corrected chi connectivity index (χ2v) is 2.95.